The summed E-state index contributed by atoms with van der Waals surface area (Å²) >= 11 is 0. The Morgan fingerprint density at radius 1 is 1.36 bits per heavy atom. The van der Waals surface area contributed by atoms with Gasteiger partial charge in [-0.25, -0.2) is 0 Å². The number of nitrogens with one attached hydrogen (secondary N) is 1. The van der Waals surface area contributed by atoms with Crippen LogP contribution in [0.3, 0.4) is 0 Å². The molecule has 1 fully saturated rings. The Morgan fingerprint density at radius 3 is 2.93 bits per heavy atom. The molecule has 0 amide bonds. The summed E-state index contributed by atoms with van der Waals surface area (Å²) in [5, 5.41) is 3.51. The molecule has 1 atom stereocenters. The van der Waals surface area contributed by atoms with E-state index in [2.05, 4.69) is 24.1 Å². The van der Waals surface area contributed by atoms with Gasteiger partial charge in [0.2, 0.25) is 0 Å². The second-order valence-electron chi connectivity index (χ2n) is 4.65. The molecule has 1 N–H and O–H groups in total. The van der Waals surface area contributed by atoms with E-state index in [9.17, 15) is 0 Å². The molecule has 0 aromatic carbocycles. The third-order valence-electron chi connectivity index (χ3n) is 3.05. The van der Waals surface area contributed by atoms with Crippen LogP contribution in [-0.4, -0.2) is 37.6 Å². The highest BCUT2D eigenvalue weighted by molar-refractivity contribution is 4.70. The zero-order valence-corrected chi connectivity index (χ0v) is 9.89. The Bertz CT molecular complexity index is 136. The van der Waals surface area contributed by atoms with Crippen molar-refractivity contribution in [3.8, 4) is 0 Å². The van der Waals surface area contributed by atoms with Crippen molar-refractivity contribution >= 4 is 0 Å². The topological polar surface area (TPSA) is 15.3 Å². The molecule has 1 aliphatic heterocycles. The van der Waals surface area contributed by atoms with E-state index in [4.69, 9.17) is 0 Å². The average molecular weight is 198 g/mol. The molecular weight excluding hydrogens is 172 g/mol. The van der Waals surface area contributed by atoms with Gasteiger partial charge in [-0.15, -0.1) is 0 Å². The van der Waals surface area contributed by atoms with Gasteiger partial charge in [-0.2, -0.15) is 0 Å². The zero-order valence-electron chi connectivity index (χ0n) is 9.89. The molecule has 0 aromatic rings. The van der Waals surface area contributed by atoms with Crippen molar-refractivity contribution in [3.05, 3.63) is 0 Å². The molecule has 0 radical (unpaired) electrons. The van der Waals surface area contributed by atoms with Crippen LogP contribution in [0.25, 0.3) is 0 Å². The third kappa shape index (κ3) is 4.97. The van der Waals surface area contributed by atoms with E-state index in [-0.39, 0.29) is 0 Å². The molecule has 0 aliphatic carbocycles. The van der Waals surface area contributed by atoms with Crippen LogP contribution < -0.4 is 5.32 Å². The lowest BCUT2D eigenvalue weighted by molar-refractivity contribution is 0.184. The van der Waals surface area contributed by atoms with Gasteiger partial charge < -0.3 is 10.2 Å². The molecular formula is C12H26N2. The number of rotatable bonds is 6. The van der Waals surface area contributed by atoms with Crippen LogP contribution >= 0.6 is 0 Å². The van der Waals surface area contributed by atoms with E-state index < -0.39 is 0 Å². The molecule has 84 valence electrons. The summed E-state index contributed by atoms with van der Waals surface area (Å²) in [5.41, 5.74) is 0. The van der Waals surface area contributed by atoms with Crippen LogP contribution in [0.15, 0.2) is 0 Å². The smallest absolute Gasteiger partial charge is 0.0107 e. The van der Waals surface area contributed by atoms with E-state index in [1.165, 1.54) is 58.4 Å². The maximum Gasteiger partial charge on any atom is 0.0107 e. The van der Waals surface area contributed by atoms with E-state index in [1.54, 1.807) is 0 Å². The van der Waals surface area contributed by atoms with Gasteiger partial charge in [0.25, 0.3) is 0 Å². The molecule has 14 heavy (non-hydrogen) atoms. The minimum absolute atomic E-state index is 0.916. The fourth-order valence-electron chi connectivity index (χ4n) is 2.15. The fourth-order valence-corrected chi connectivity index (χ4v) is 2.15. The molecule has 0 bridgehead atoms. The lowest BCUT2D eigenvalue weighted by Crippen LogP contribution is -2.38. The summed E-state index contributed by atoms with van der Waals surface area (Å²) in [6, 6.07) is 0. The molecule has 0 spiro atoms. The Kier molecular flexibility index (Phi) is 6.20. The number of nitrogens with zero attached hydrogens (tertiary/aromatic N) is 1. The van der Waals surface area contributed by atoms with E-state index in [1.807, 2.05) is 0 Å². The highest BCUT2D eigenvalue weighted by Gasteiger charge is 2.14. The average Bonchev–Trinajstić information content (AvgIpc) is 2.18. The molecule has 1 saturated heterocycles. The van der Waals surface area contributed by atoms with Crippen LogP contribution in [0.5, 0.6) is 0 Å². The van der Waals surface area contributed by atoms with Gasteiger partial charge in [0.05, 0.1) is 0 Å². The number of hydrogen-bond donors (Lipinski definition) is 1. The molecule has 0 aromatic heterocycles. The Labute approximate surface area is 89.1 Å². The van der Waals surface area contributed by atoms with Crippen LogP contribution in [0.1, 0.15) is 39.5 Å². The summed E-state index contributed by atoms with van der Waals surface area (Å²) in [6.07, 6.45) is 5.44. The van der Waals surface area contributed by atoms with Crippen molar-refractivity contribution in [2.24, 2.45) is 5.92 Å². The number of piperidine rings is 1. The quantitative estimate of drug-likeness (QED) is 0.658. The predicted octanol–water partition coefficient (Wildman–Crippen LogP) is 2.11. The minimum Gasteiger partial charge on any atom is -0.315 e. The zero-order chi connectivity index (χ0) is 10.2. The fraction of sp³-hybridized carbons (Fsp3) is 1.00. The van der Waals surface area contributed by atoms with Crippen molar-refractivity contribution in [3.63, 3.8) is 0 Å². The Hall–Kier alpha value is -0.0800. The van der Waals surface area contributed by atoms with Gasteiger partial charge in [0.15, 0.2) is 0 Å². The predicted molar refractivity (Wildman–Crippen MR) is 62.6 cm³/mol. The summed E-state index contributed by atoms with van der Waals surface area (Å²) in [4.78, 5) is 2.60. The van der Waals surface area contributed by atoms with Gasteiger partial charge in [0, 0.05) is 19.6 Å². The number of hydrogen-bond acceptors (Lipinski definition) is 2. The second-order valence-corrected chi connectivity index (χ2v) is 4.65. The van der Waals surface area contributed by atoms with E-state index >= 15 is 0 Å². The first-order valence-electron chi connectivity index (χ1n) is 6.26. The van der Waals surface area contributed by atoms with Crippen LogP contribution in [-0.2, 0) is 0 Å². The Morgan fingerprint density at radius 2 is 2.21 bits per heavy atom. The highest BCUT2D eigenvalue weighted by atomic mass is 15.1. The first kappa shape index (κ1) is 12.0. The van der Waals surface area contributed by atoms with E-state index in [0.29, 0.717) is 0 Å². The maximum absolute atomic E-state index is 3.51. The van der Waals surface area contributed by atoms with Crippen molar-refractivity contribution in [1.29, 1.82) is 0 Å². The van der Waals surface area contributed by atoms with Crippen molar-refractivity contribution in [2.75, 3.05) is 32.7 Å². The lowest BCUT2D eigenvalue weighted by atomic mass is 10.0. The molecule has 1 heterocycles. The molecule has 2 heteroatoms. The molecule has 0 saturated carbocycles. The monoisotopic (exact) mass is 198 g/mol. The van der Waals surface area contributed by atoms with Gasteiger partial charge in [-0.05, 0) is 38.3 Å². The van der Waals surface area contributed by atoms with Crippen molar-refractivity contribution < 1.29 is 0 Å². The van der Waals surface area contributed by atoms with Crippen LogP contribution in [0.4, 0.5) is 0 Å². The van der Waals surface area contributed by atoms with Gasteiger partial charge in [-0.1, -0.05) is 20.3 Å². The number of likely N-dealkylation sites (tertiary alicyclic amines) is 1. The SMILES string of the molecule is CCCCNCCN1CCCC(C)C1. The number of unbranched alkanes of at least 4 members (excludes halogenated alkanes) is 1. The van der Waals surface area contributed by atoms with Gasteiger partial charge >= 0.3 is 0 Å². The van der Waals surface area contributed by atoms with Gasteiger partial charge in [-0.3, -0.25) is 0 Å². The first-order valence-corrected chi connectivity index (χ1v) is 6.26. The van der Waals surface area contributed by atoms with Crippen LogP contribution in [0, 0.1) is 5.92 Å². The third-order valence-corrected chi connectivity index (χ3v) is 3.05. The normalized spacial score (nSPS) is 24.0. The van der Waals surface area contributed by atoms with Crippen molar-refractivity contribution in [1.82, 2.24) is 10.2 Å². The van der Waals surface area contributed by atoms with Crippen molar-refractivity contribution in [2.45, 2.75) is 39.5 Å². The highest BCUT2D eigenvalue weighted by Crippen LogP contribution is 2.14. The molecule has 1 rings (SSSR count). The maximum atomic E-state index is 3.51. The summed E-state index contributed by atoms with van der Waals surface area (Å²) in [6.45, 7) is 10.9. The molecule has 1 unspecified atom stereocenters. The Balaban J connectivity index is 1.95. The van der Waals surface area contributed by atoms with E-state index in [0.717, 1.165) is 5.92 Å². The summed E-state index contributed by atoms with van der Waals surface area (Å²) in [5.74, 6) is 0.916. The first-order chi connectivity index (χ1) is 6.83. The molecule has 2 nitrogen and oxygen atoms in total. The summed E-state index contributed by atoms with van der Waals surface area (Å²) < 4.78 is 0. The molecule has 1 aliphatic rings. The van der Waals surface area contributed by atoms with Gasteiger partial charge in [0.1, 0.15) is 0 Å². The largest absolute Gasteiger partial charge is 0.315 e. The van der Waals surface area contributed by atoms with Crippen LogP contribution in [0.2, 0.25) is 0 Å². The standard InChI is InChI=1S/C12H26N2/c1-3-4-7-13-8-10-14-9-5-6-12(2)11-14/h12-13H,3-11H2,1-2H3. The minimum atomic E-state index is 0.916. The second kappa shape index (κ2) is 7.24. The summed E-state index contributed by atoms with van der Waals surface area (Å²) in [7, 11) is 0. The lowest BCUT2D eigenvalue weighted by Gasteiger charge is -2.30.